The van der Waals surface area contributed by atoms with Gasteiger partial charge in [0.05, 0.1) is 67.5 Å². The molecule has 0 atom stereocenters. The van der Waals surface area contributed by atoms with Gasteiger partial charge in [-0.25, -0.2) is 17.7 Å². The Morgan fingerprint density at radius 2 is 1.26 bits per heavy atom. The standard InChI is InChI=1S/C20H24N3.C19H21N5O.C14H16N3.CH4O4S.2ClH/c1-15-10-12-16(13-11-15)23(5)21-14-19-20(2,3)17-8-6-7-9-18(17)22(19)4;1-14-18(19(25)23(22-14)16-10-6-5-7-11-16)21-20-15-9-8-12-17(13-15)24(2,3)4;1-16-10-8-13(9-11-16)12-15-17(2)14-6-4-3-5-7-14;1-6(3,4)5-2;;/h6-14H,1-5H3;5-13H,1-4H3;3-12H,1-2H3;2H,1H3;2*1H/q+1;;+1;;;/p-2. The Hall–Kier alpha value is -7.12. The number of aryl methyl sites for hydroxylation is 3. The predicted octanol–water partition coefficient (Wildman–Crippen LogP) is 2.44. The molecule has 8 rings (SSSR count). The Kier molecular flexibility index (Phi) is 22.3. The van der Waals surface area contributed by atoms with Crippen molar-refractivity contribution in [2.24, 2.45) is 27.5 Å². The van der Waals surface area contributed by atoms with E-state index in [0.29, 0.717) is 22.1 Å². The highest BCUT2D eigenvalue weighted by Gasteiger charge is 2.43. The van der Waals surface area contributed by atoms with Gasteiger partial charge in [0.15, 0.2) is 18.1 Å². The number of rotatable bonds is 11. The normalized spacial score (nSPS) is 12.6. The molecule has 1 N–H and O–H groups in total. The number of nitrogens with one attached hydrogen (secondary N) is 1. The topological polar surface area (TPSA) is 167 Å². The van der Waals surface area contributed by atoms with Crippen molar-refractivity contribution in [1.29, 1.82) is 0 Å². The van der Waals surface area contributed by atoms with Crippen molar-refractivity contribution in [3.05, 3.63) is 191 Å². The molecule has 0 bridgehead atoms. The number of H-pyrrole nitrogens is 1. The molecule has 0 unspecified atom stereocenters. The van der Waals surface area contributed by atoms with E-state index in [-0.39, 0.29) is 35.8 Å². The number of aromatic amines is 1. The molecule has 1 aliphatic rings. The van der Waals surface area contributed by atoms with Gasteiger partial charge in [-0.3, -0.25) is 24.4 Å². The van der Waals surface area contributed by atoms with Gasteiger partial charge < -0.3 is 34.4 Å². The maximum Gasteiger partial charge on any atom is 0.299 e. The van der Waals surface area contributed by atoms with E-state index in [1.165, 1.54) is 27.2 Å². The Bertz CT molecular complexity index is 3150. The summed E-state index contributed by atoms with van der Waals surface area (Å²) in [5, 5.41) is 33.2. The molecule has 386 valence electrons. The van der Waals surface area contributed by atoms with Crippen LogP contribution in [0.1, 0.15) is 36.2 Å². The molecule has 7 aromatic rings. The first-order valence-electron chi connectivity index (χ1n) is 22.6. The quantitative estimate of drug-likeness (QED) is 0.0519. The van der Waals surface area contributed by atoms with Crippen LogP contribution in [0.25, 0.3) is 5.69 Å². The maximum atomic E-state index is 12.6. The van der Waals surface area contributed by atoms with Crippen molar-refractivity contribution in [3.8, 4) is 5.69 Å². The lowest BCUT2D eigenvalue weighted by Crippen LogP contribution is -3.00. The number of quaternary nitrogens is 1. The van der Waals surface area contributed by atoms with Crippen LogP contribution in [0.5, 0.6) is 0 Å². The Labute approximate surface area is 442 Å². The van der Waals surface area contributed by atoms with E-state index < -0.39 is 10.1 Å². The third kappa shape index (κ3) is 17.3. The molecular weight excluding hydrogens is 986 g/mol. The predicted molar refractivity (Wildman–Crippen MR) is 286 cm³/mol. The number of azo groups is 1. The summed E-state index contributed by atoms with van der Waals surface area (Å²) in [5.74, 6) is 0. The molecule has 3 heterocycles. The third-order valence-electron chi connectivity index (χ3n) is 11.3. The van der Waals surface area contributed by atoms with E-state index >= 15 is 0 Å². The largest absolute Gasteiger partial charge is 1.00 e. The fraction of sp³-hybridized carbons (Fsp3) is 0.241. The van der Waals surface area contributed by atoms with Gasteiger partial charge in [0.2, 0.25) is 11.4 Å². The van der Waals surface area contributed by atoms with Crippen LogP contribution >= 0.6 is 0 Å². The Morgan fingerprint density at radius 1 is 0.726 bits per heavy atom. The monoisotopic (exact) mass is 1050 g/mol. The number of fused-ring (bicyclic) bond motifs is 1. The first-order valence-corrected chi connectivity index (χ1v) is 24.5. The second-order valence-electron chi connectivity index (χ2n) is 18.2. The Morgan fingerprint density at radius 3 is 1.82 bits per heavy atom. The summed E-state index contributed by atoms with van der Waals surface area (Å²) in [6.45, 7) is 8.42. The summed E-state index contributed by atoms with van der Waals surface area (Å²) < 4.78 is 28.0. The maximum absolute atomic E-state index is 12.6. The SMILES string of the molecule is CN(/N=C\c1cc[n+](C)cc1)c1ccccc1.CS(=O)(=O)O[O-].Cc1[nH]n(-c2ccccc2)c(=O)c1N=Nc1cccc([N+](C)(C)C)c1.Cc1ccc(N(C)/N=C/C2=[N+](C)c3ccccc3C2(C)C)cc1.[Cl-].[Cl-]. The molecule has 5 aromatic carbocycles. The average Bonchev–Trinajstić information content (AvgIpc) is 3.75. The average molecular weight is 1050 g/mol. The lowest BCUT2D eigenvalue weighted by atomic mass is 9.82. The zero-order chi connectivity index (χ0) is 51.9. The lowest BCUT2D eigenvalue weighted by molar-refractivity contribution is -0.671. The van der Waals surface area contributed by atoms with Crippen LogP contribution in [-0.2, 0) is 26.9 Å². The van der Waals surface area contributed by atoms with E-state index in [2.05, 4.69) is 132 Å². The first-order chi connectivity index (χ1) is 33.6. The summed E-state index contributed by atoms with van der Waals surface area (Å²) in [5.41, 5.74) is 11.7. The number of benzene rings is 5. The van der Waals surface area contributed by atoms with Gasteiger partial charge in [-0.15, -0.1) is 5.11 Å². The third-order valence-corrected chi connectivity index (χ3v) is 11.5. The minimum absolute atomic E-state index is 0. The van der Waals surface area contributed by atoms with Crippen molar-refractivity contribution in [2.45, 2.75) is 33.1 Å². The van der Waals surface area contributed by atoms with E-state index in [4.69, 9.17) is 5.26 Å². The van der Waals surface area contributed by atoms with Crippen LogP contribution in [0.4, 0.5) is 34.1 Å². The minimum atomic E-state index is -3.72. The molecule has 0 amide bonds. The highest BCUT2D eigenvalue weighted by molar-refractivity contribution is 7.85. The number of nitrogens with zero attached hydrogens (tertiary/aromatic N) is 10. The zero-order valence-electron chi connectivity index (χ0n) is 43.3. The molecule has 73 heavy (non-hydrogen) atoms. The van der Waals surface area contributed by atoms with E-state index in [0.717, 1.165) is 34.0 Å². The molecule has 0 fully saturated rings. The van der Waals surface area contributed by atoms with Crippen LogP contribution in [-0.4, -0.2) is 89.5 Å². The number of hydrazone groups is 2. The molecule has 0 saturated heterocycles. The highest BCUT2D eigenvalue weighted by atomic mass is 35.5. The van der Waals surface area contributed by atoms with E-state index in [9.17, 15) is 13.2 Å². The molecule has 0 radical (unpaired) electrons. The van der Waals surface area contributed by atoms with Gasteiger partial charge in [0, 0.05) is 49.5 Å². The molecule has 16 nitrogen and oxygen atoms in total. The fourth-order valence-electron chi connectivity index (χ4n) is 7.15. The highest BCUT2D eigenvalue weighted by Crippen LogP contribution is 2.38. The minimum Gasteiger partial charge on any atom is -1.00 e. The van der Waals surface area contributed by atoms with Gasteiger partial charge in [0.1, 0.15) is 26.0 Å². The number of hydrogen-bond acceptors (Lipinski definition) is 11. The summed E-state index contributed by atoms with van der Waals surface area (Å²) in [4.78, 5) is 12.6. The van der Waals surface area contributed by atoms with E-state index in [1.807, 2.05) is 165 Å². The summed E-state index contributed by atoms with van der Waals surface area (Å²) in [6, 6.07) is 48.3. The second kappa shape index (κ2) is 27.1. The van der Waals surface area contributed by atoms with Crippen LogP contribution in [0.15, 0.2) is 183 Å². The van der Waals surface area contributed by atoms with Crippen molar-refractivity contribution in [1.82, 2.24) is 14.3 Å². The van der Waals surface area contributed by atoms with Gasteiger partial charge in [-0.2, -0.15) is 19.9 Å². The smallest absolute Gasteiger partial charge is 0.299 e. The molecular formula is C54H65Cl2N11O5S. The van der Waals surface area contributed by atoms with Gasteiger partial charge in [-0.05, 0) is 76.2 Å². The molecule has 1 aliphatic heterocycles. The van der Waals surface area contributed by atoms with Gasteiger partial charge in [-0.1, -0.05) is 78.4 Å². The molecule has 2 aromatic heterocycles. The number of pyridine rings is 1. The number of para-hydroxylation sites is 3. The number of aromatic nitrogens is 3. The fourth-order valence-corrected chi connectivity index (χ4v) is 7.15. The number of halogens is 2. The molecule has 0 saturated carbocycles. The van der Waals surface area contributed by atoms with Crippen LogP contribution in [0.2, 0.25) is 0 Å². The van der Waals surface area contributed by atoms with E-state index in [1.54, 1.807) is 0 Å². The summed E-state index contributed by atoms with van der Waals surface area (Å²) in [7, 11) is 10.6. The number of anilines is 2. The van der Waals surface area contributed by atoms with Crippen molar-refractivity contribution in [2.75, 3.05) is 58.6 Å². The molecule has 19 heteroatoms. The van der Waals surface area contributed by atoms with Crippen LogP contribution in [0, 0.1) is 13.8 Å². The first kappa shape index (κ1) is 60.2. The van der Waals surface area contributed by atoms with Crippen molar-refractivity contribution < 1.29 is 52.0 Å². The number of hydrogen-bond donors (Lipinski definition) is 1. The van der Waals surface area contributed by atoms with Gasteiger partial charge in [0.25, 0.3) is 15.7 Å². The Balaban J connectivity index is 0.000000273. The molecule has 0 spiro atoms. The van der Waals surface area contributed by atoms with Crippen molar-refractivity contribution >= 4 is 62.4 Å². The summed E-state index contributed by atoms with van der Waals surface area (Å²) in [6.07, 6.45) is 8.53. The second-order valence-corrected chi connectivity index (χ2v) is 19.7. The van der Waals surface area contributed by atoms with Crippen LogP contribution in [0.3, 0.4) is 0 Å². The van der Waals surface area contributed by atoms with Crippen molar-refractivity contribution in [3.63, 3.8) is 0 Å². The van der Waals surface area contributed by atoms with Crippen LogP contribution < -0.4 is 54.7 Å². The summed E-state index contributed by atoms with van der Waals surface area (Å²) >= 11 is 0. The van der Waals surface area contributed by atoms with Gasteiger partial charge >= 0.3 is 0 Å². The zero-order valence-corrected chi connectivity index (χ0v) is 45.7. The lowest BCUT2D eigenvalue weighted by Gasteiger charge is -2.23. The molecule has 0 aliphatic carbocycles.